The van der Waals surface area contributed by atoms with Crippen LogP contribution in [0.2, 0.25) is 5.02 Å². The first kappa shape index (κ1) is 16.5. The highest BCUT2D eigenvalue weighted by Gasteiger charge is 2.15. The van der Waals surface area contributed by atoms with Crippen LogP contribution in [0.3, 0.4) is 0 Å². The number of hydrogen-bond acceptors (Lipinski definition) is 2. The maximum absolute atomic E-state index is 12.0. The van der Waals surface area contributed by atoms with Gasteiger partial charge in [0.1, 0.15) is 0 Å². The van der Waals surface area contributed by atoms with Gasteiger partial charge in [0.25, 0.3) is 0 Å². The Morgan fingerprint density at radius 1 is 1.47 bits per heavy atom. The number of carbonyl (C=O) groups excluding carboxylic acids is 1. The molecule has 3 nitrogen and oxygen atoms in total. The predicted octanol–water partition coefficient (Wildman–Crippen LogP) is 4.05. The maximum atomic E-state index is 12.0. The van der Waals surface area contributed by atoms with Gasteiger partial charge in [0.2, 0.25) is 5.91 Å². The summed E-state index contributed by atoms with van der Waals surface area (Å²) in [4.78, 5) is 12.0. The molecule has 3 N–H and O–H groups in total. The monoisotopic (exact) mass is 346 g/mol. The number of halogens is 2. The molecule has 0 bridgehead atoms. The molecule has 0 saturated carbocycles. The maximum Gasteiger partial charge on any atom is 0.224 e. The van der Waals surface area contributed by atoms with E-state index in [0.29, 0.717) is 34.1 Å². The number of carbonyl (C=O) groups is 1. The van der Waals surface area contributed by atoms with Gasteiger partial charge in [-0.1, -0.05) is 31.5 Å². The zero-order valence-corrected chi connectivity index (χ0v) is 13.6. The van der Waals surface area contributed by atoms with Gasteiger partial charge >= 0.3 is 0 Å². The molecular formula is C14H20BrClN2O. The molecule has 0 aliphatic heterocycles. The van der Waals surface area contributed by atoms with Crippen molar-refractivity contribution in [1.29, 1.82) is 0 Å². The van der Waals surface area contributed by atoms with E-state index >= 15 is 0 Å². The van der Waals surface area contributed by atoms with Gasteiger partial charge in [0.05, 0.1) is 15.2 Å². The summed E-state index contributed by atoms with van der Waals surface area (Å²) in [5, 5.41) is 3.44. The number of benzene rings is 1. The highest BCUT2D eigenvalue weighted by atomic mass is 79.9. The molecule has 1 aromatic carbocycles. The molecule has 0 aliphatic carbocycles. The Morgan fingerprint density at radius 2 is 2.16 bits per heavy atom. The predicted molar refractivity (Wildman–Crippen MR) is 84.4 cm³/mol. The fraction of sp³-hybridized carbons (Fsp3) is 0.500. The second kappa shape index (κ2) is 7.88. The zero-order valence-electron chi connectivity index (χ0n) is 11.2. The van der Waals surface area contributed by atoms with E-state index in [1.54, 1.807) is 12.1 Å². The lowest BCUT2D eigenvalue weighted by Crippen LogP contribution is -2.23. The van der Waals surface area contributed by atoms with Gasteiger partial charge in [-0.05, 0) is 52.9 Å². The molecule has 0 heterocycles. The Labute approximate surface area is 128 Å². The van der Waals surface area contributed by atoms with Crippen molar-refractivity contribution in [2.45, 2.75) is 26.7 Å². The van der Waals surface area contributed by atoms with E-state index in [1.807, 2.05) is 6.07 Å². The zero-order chi connectivity index (χ0) is 14.4. The van der Waals surface area contributed by atoms with E-state index in [9.17, 15) is 4.79 Å². The van der Waals surface area contributed by atoms with Crippen molar-refractivity contribution in [3.8, 4) is 0 Å². The third kappa shape index (κ3) is 5.51. The average molecular weight is 348 g/mol. The second-order valence-corrected chi connectivity index (χ2v) is 6.29. The number of anilines is 1. The second-order valence-electron chi connectivity index (χ2n) is 5.08. The normalized spacial score (nSPS) is 12.5. The third-order valence-corrected chi connectivity index (χ3v) is 4.24. The van der Waals surface area contributed by atoms with Crippen molar-refractivity contribution < 1.29 is 4.79 Å². The van der Waals surface area contributed by atoms with Crippen molar-refractivity contribution in [2.24, 2.45) is 17.6 Å². The quantitative estimate of drug-likeness (QED) is 0.815. The molecular weight excluding hydrogens is 328 g/mol. The Morgan fingerprint density at radius 3 is 2.74 bits per heavy atom. The number of amides is 1. The van der Waals surface area contributed by atoms with Gasteiger partial charge in [-0.15, -0.1) is 0 Å². The molecule has 0 aromatic heterocycles. The summed E-state index contributed by atoms with van der Waals surface area (Å²) in [6.07, 6.45) is 1.40. The van der Waals surface area contributed by atoms with Gasteiger partial charge in [-0.2, -0.15) is 0 Å². The molecule has 1 rings (SSSR count). The number of nitrogens with one attached hydrogen (secondary N) is 1. The average Bonchev–Trinajstić information content (AvgIpc) is 2.33. The van der Waals surface area contributed by atoms with Crippen LogP contribution in [0.15, 0.2) is 22.7 Å². The molecule has 5 heteroatoms. The third-order valence-electron chi connectivity index (χ3n) is 2.84. The molecule has 0 radical (unpaired) electrons. The van der Waals surface area contributed by atoms with E-state index in [2.05, 4.69) is 35.1 Å². The Bertz CT molecular complexity index is 437. The van der Waals surface area contributed by atoms with Crippen LogP contribution in [0.25, 0.3) is 0 Å². The lowest BCUT2D eigenvalue weighted by Gasteiger charge is -2.17. The van der Waals surface area contributed by atoms with Crippen LogP contribution >= 0.6 is 27.5 Å². The van der Waals surface area contributed by atoms with E-state index in [0.717, 1.165) is 6.42 Å². The molecule has 106 valence electrons. The van der Waals surface area contributed by atoms with E-state index in [-0.39, 0.29) is 11.8 Å². The molecule has 0 spiro atoms. The van der Waals surface area contributed by atoms with Gasteiger partial charge in [0.15, 0.2) is 0 Å². The molecule has 0 saturated heterocycles. The minimum atomic E-state index is -0.0286. The highest BCUT2D eigenvalue weighted by molar-refractivity contribution is 9.10. The van der Waals surface area contributed by atoms with Gasteiger partial charge in [-0.25, -0.2) is 0 Å². The van der Waals surface area contributed by atoms with E-state index in [1.165, 1.54) is 0 Å². The first-order valence-electron chi connectivity index (χ1n) is 6.38. The number of nitrogens with two attached hydrogens (primary N) is 1. The van der Waals surface area contributed by atoms with Crippen LogP contribution in [0.5, 0.6) is 0 Å². The SMILES string of the molecule is CC(C)C[C@H](CN)CC(=O)Nc1cccc(Cl)c1Br. The lowest BCUT2D eigenvalue weighted by atomic mass is 9.94. The van der Waals surface area contributed by atoms with Gasteiger partial charge in [0, 0.05) is 6.42 Å². The fourth-order valence-electron chi connectivity index (χ4n) is 1.99. The summed E-state index contributed by atoms with van der Waals surface area (Å²) in [6, 6.07) is 5.38. The molecule has 0 unspecified atom stereocenters. The molecule has 0 fully saturated rings. The summed E-state index contributed by atoms with van der Waals surface area (Å²) in [5.41, 5.74) is 6.40. The lowest BCUT2D eigenvalue weighted by molar-refractivity contribution is -0.117. The van der Waals surface area contributed by atoms with Crippen molar-refractivity contribution in [3.63, 3.8) is 0 Å². The van der Waals surface area contributed by atoms with Crippen LogP contribution in [0.4, 0.5) is 5.69 Å². The topological polar surface area (TPSA) is 55.1 Å². The molecule has 1 amide bonds. The van der Waals surface area contributed by atoms with Crippen LogP contribution in [-0.2, 0) is 4.79 Å². The summed E-state index contributed by atoms with van der Waals surface area (Å²) in [6.45, 7) is 4.80. The minimum Gasteiger partial charge on any atom is -0.330 e. The van der Waals surface area contributed by atoms with Crippen molar-refractivity contribution >= 4 is 39.1 Å². The van der Waals surface area contributed by atoms with Crippen molar-refractivity contribution in [1.82, 2.24) is 0 Å². The summed E-state index contributed by atoms with van der Waals surface area (Å²) in [7, 11) is 0. The summed E-state index contributed by atoms with van der Waals surface area (Å²) in [5.74, 6) is 0.733. The Balaban J connectivity index is 2.62. The first-order chi connectivity index (χ1) is 8.93. The standard InChI is InChI=1S/C14H20BrClN2O/c1-9(2)6-10(8-17)7-13(19)18-12-5-3-4-11(16)14(12)15/h3-5,9-10H,6-8,17H2,1-2H3,(H,18,19)/t10-/m0/s1. The van der Waals surface area contributed by atoms with E-state index in [4.69, 9.17) is 17.3 Å². The van der Waals surface area contributed by atoms with Crippen molar-refractivity contribution in [2.75, 3.05) is 11.9 Å². The van der Waals surface area contributed by atoms with E-state index < -0.39 is 0 Å². The number of rotatable bonds is 6. The van der Waals surface area contributed by atoms with Gasteiger partial charge < -0.3 is 11.1 Å². The first-order valence-corrected chi connectivity index (χ1v) is 7.55. The largest absolute Gasteiger partial charge is 0.330 e. The van der Waals surface area contributed by atoms with Crippen LogP contribution < -0.4 is 11.1 Å². The molecule has 1 atom stereocenters. The fourth-order valence-corrected chi connectivity index (χ4v) is 2.53. The van der Waals surface area contributed by atoms with Crippen LogP contribution in [-0.4, -0.2) is 12.5 Å². The Kier molecular flexibility index (Phi) is 6.83. The highest BCUT2D eigenvalue weighted by Crippen LogP contribution is 2.30. The summed E-state index contributed by atoms with van der Waals surface area (Å²) >= 11 is 9.34. The Hall–Kier alpha value is -0.580. The van der Waals surface area contributed by atoms with Gasteiger partial charge in [-0.3, -0.25) is 4.79 Å². The smallest absolute Gasteiger partial charge is 0.224 e. The molecule has 0 aliphatic rings. The molecule has 1 aromatic rings. The van der Waals surface area contributed by atoms with Crippen molar-refractivity contribution in [3.05, 3.63) is 27.7 Å². The van der Waals surface area contributed by atoms with Crippen LogP contribution in [0, 0.1) is 11.8 Å². The molecule has 19 heavy (non-hydrogen) atoms. The summed E-state index contributed by atoms with van der Waals surface area (Å²) < 4.78 is 0.707. The minimum absolute atomic E-state index is 0.0286. The van der Waals surface area contributed by atoms with Crippen LogP contribution in [0.1, 0.15) is 26.7 Å². The number of hydrogen-bond donors (Lipinski definition) is 2.